The zero-order valence-corrected chi connectivity index (χ0v) is 16.2. The lowest BCUT2D eigenvalue weighted by atomic mass is 10.1. The van der Waals surface area contributed by atoms with Gasteiger partial charge in [-0.15, -0.1) is 11.3 Å². The van der Waals surface area contributed by atoms with Crippen LogP contribution in [0.4, 0.5) is 4.79 Å². The number of likely N-dealkylation sites (tertiary alicyclic amines) is 1. The van der Waals surface area contributed by atoms with Crippen molar-refractivity contribution in [3.8, 4) is 10.7 Å². The summed E-state index contributed by atoms with van der Waals surface area (Å²) in [5.41, 5.74) is 1.76. The van der Waals surface area contributed by atoms with E-state index < -0.39 is 0 Å². The summed E-state index contributed by atoms with van der Waals surface area (Å²) in [5, 5.41) is 5.92. The molecule has 0 unspecified atom stereocenters. The molecule has 8 heteroatoms. The van der Waals surface area contributed by atoms with E-state index in [0.29, 0.717) is 32.5 Å². The number of aromatic nitrogens is 2. The van der Waals surface area contributed by atoms with Crippen LogP contribution >= 0.6 is 11.3 Å². The highest BCUT2D eigenvalue weighted by atomic mass is 32.1. The number of rotatable bonds is 6. The van der Waals surface area contributed by atoms with Gasteiger partial charge in [0, 0.05) is 37.1 Å². The van der Waals surface area contributed by atoms with Gasteiger partial charge in [-0.05, 0) is 38.3 Å². The molecule has 2 aromatic heterocycles. The molecule has 1 aliphatic heterocycles. The molecule has 0 aromatic carbocycles. The minimum Gasteiger partial charge on any atom is -0.450 e. The van der Waals surface area contributed by atoms with Gasteiger partial charge in [0.15, 0.2) is 0 Å². The Morgan fingerprint density at radius 2 is 2.15 bits per heavy atom. The van der Waals surface area contributed by atoms with Crippen molar-refractivity contribution in [2.45, 2.75) is 38.6 Å². The van der Waals surface area contributed by atoms with Crippen molar-refractivity contribution < 1.29 is 14.3 Å². The third-order valence-electron chi connectivity index (χ3n) is 4.43. The van der Waals surface area contributed by atoms with Crippen molar-refractivity contribution in [1.29, 1.82) is 0 Å². The summed E-state index contributed by atoms with van der Waals surface area (Å²) in [7, 11) is 0. The number of carbonyl (C=O) groups is 2. The molecule has 0 saturated carbocycles. The quantitative estimate of drug-likeness (QED) is 0.823. The highest BCUT2D eigenvalue weighted by Crippen LogP contribution is 2.22. The summed E-state index contributed by atoms with van der Waals surface area (Å²) >= 11 is 1.54. The average molecular weight is 388 g/mol. The standard InChI is InChI=1S/C19H24N4O3S/c1-2-26-19(25)23-11-8-14(9-12-23)21-17(24)7-6-15-13-27-18(22-15)16-5-3-4-10-20-16/h3-5,10,13-14H,2,6-9,11-12H2,1H3,(H,21,24). The molecule has 7 nitrogen and oxygen atoms in total. The Labute approximate surface area is 162 Å². The zero-order chi connectivity index (χ0) is 19.1. The van der Waals surface area contributed by atoms with Gasteiger partial charge in [-0.1, -0.05) is 6.07 Å². The van der Waals surface area contributed by atoms with Crippen LogP contribution in [0.3, 0.4) is 0 Å². The molecule has 27 heavy (non-hydrogen) atoms. The topological polar surface area (TPSA) is 84.4 Å². The van der Waals surface area contributed by atoms with E-state index in [4.69, 9.17) is 4.74 Å². The molecule has 0 bridgehead atoms. The molecule has 1 aliphatic rings. The van der Waals surface area contributed by atoms with E-state index in [0.717, 1.165) is 29.2 Å². The molecule has 2 aromatic rings. The Kier molecular flexibility index (Phi) is 6.75. The maximum atomic E-state index is 12.2. The molecule has 3 heterocycles. The number of nitrogens with one attached hydrogen (secondary N) is 1. The number of aryl methyl sites for hydroxylation is 1. The van der Waals surface area contributed by atoms with Gasteiger partial charge in [0.2, 0.25) is 5.91 Å². The van der Waals surface area contributed by atoms with Gasteiger partial charge in [-0.2, -0.15) is 0 Å². The number of nitrogens with zero attached hydrogens (tertiary/aromatic N) is 3. The molecule has 1 fully saturated rings. The summed E-state index contributed by atoms with van der Waals surface area (Å²) in [6.07, 6.45) is 4.00. The maximum Gasteiger partial charge on any atom is 0.409 e. The third-order valence-corrected chi connectivity index (χ3v) is 5.34. The van der Waals surface area contributed by atoms with Crippen LogP contribution in [0.15, 0.2) is 29.8 Å². The van der Waals surface area contributed by atoms with Gasteiger partial charge >= 0.3 is 6.09 Å². The molecule has 1 saturated heterocycles. The van der Waals surface area contributed by atoms with E-state index in [2.05, 4.69) is 15.3 Å². The van der Waals surface area contributed by atoms with E-state index in [1.54, 1.807) is 29.4 Å². The van der Waals surface area contributed by atoms with Crippen LogP contribution in [-0.2, 0) is 16.0 Å². The first-order chi connectivity index (χ1) is 13.2. The number of piperidine rings is 1. The van der Waals surface area contributed by atoms with Crippen LogP contribution < -0.4 is 5.32 Å². The third kappa shape index (κ3) is 5.50. The summed E-state index contributed by atoms with van der Waals surface area (Å²) in [5.74, 6) is 0.0250. The van der Waals surface area contributed by atoms with Gasteiger partial charge < -0.3 is 15.0 Å². The molecule has 144 valence electrons. The fraction of sp³-hybridized carbons (Fsp3) is 0.474. The fourth-order valence-corrected chi connectivity index (χ4v) is 3.82. The van der Waals surface area contributed by atoms with E-state index >= 15 is 0 Å². The minimum absolute atomic E-state index is 0.0250. The van der Waals surface area contributed by atoms with E-state index in [9.17, 15) is 9.59 Å². The van der Waals surface area contributed by atoms with Crippen molar-refractivity contribution >= 4 is 23.3 Å². The Morgan fingerprint density at radius 3 is 2.85 bits per heavy atom. The van der Waals surface area contributed by atoms with Gasteiger partial charge in [0.1, 0.15) is 5.01 Å². The number of amides is 2. The monoisotopic (exact) mass is 388 g/mol. The molecular formula is C19H24N4O3S. The second kappa shape index (κ2) is 9.45. The van der Waals surface area contributed by atoms with Crippen molar-refractivity contribution in [3.63, 3.8) is 0 Å². The van der Waals surface area contributed by atoms with Gasteiger partial charge in [0.25, 0.3) is 0 Å². The molecule has 3 rings (SSSR count). The lowest BCUT2D eigenvalue weighted by Gasteiger charge is -2.31. The van der Waals surface area contributed by atoms with Crippen molar-refractivity contribution in [2.24, 2.45) is 0 Å². The average Bonchev–Trinajstić information content (AvgIpc) is 3.17. The molecule has 0 radical (unpaired) electrons. The van der Waals surface area contributed by atoms with Gasteiger partial charge in [-0.25, -0.2) is 9.78 Å². The predicted octanol–water partition coefficient (Wildman–Crippen LogP) is 2.87. The lowest BCUT2D eigenvalue weighted by Crippen LogP contribution is -2.46. The second-order valence-electron chi connectivity index (χ2n) is 6.39. The van der Waals surface area contributed by atoms with Crippen LogP contribution in [0.25, 0.3) is 10.7 Å². The first kappa shape index (κ1) is 19.3. The summed E-state index contributed by atoms with van der Waals surface area (Å²) in [6, 6.07) is 5.85. The number of thiazole rings is 1. The Bertz CT molecular complexity index is 757. The van der Waals surface area contributed by atoms with E-state index in [-0.39, 0.29) is 18.0 Å². The van der Waals surface area contributed by atoms with Crippen LogP contribution in [0, 0.1) is 0 Å². The largest absolute Gasteiger partial charge is 0.450 e. The predicted molar refractivity (Wildman–Crippen MR) is 103 cm³/mol. The van der Waals surface area contributed by atoms with Crippen LogP contribution in [0.5, 0.6) is 0 Å². The van der Waals surface area contributed by atoms with Crippen LogP contribution in [-0.4, -0.2) is 52.6 Å². The van der Waals surface area contributed by atoms with Crippen LogP contribution in [0.1, 0.15) is 31.9 Å². The van der Waals surface area contributed by atoms with Crippen LogP contribution in [0.2, 0.25) is 0 Å². The molecular weight excluding hydrogens is 364 g/mol. The summed E-state index contributed by atoms with van der Waals surface area (Å²) in [4.78, 5) is 34.5. The lowest BCUT2D eigenvalue weighted by molar-refractivity contribution is -0.122. The second-order valence-corrected chi connectivity index (χ2v) is 7.24. The van der Waals surface area contributed by atoms with Gasteiger partial charge in [-0.3, -0.25) is 9.78 Å². The van der Waals surface area contributed by atoms with E-state index in [1.807, 2.05) is 23.6 Å². The Morgan fingerprint density at radius 1 is 1.33 bits per heavy atom. The number of pyridine rings is 1. The summed E-state index contributed by atoms with van der Waals surface area (Å²) < 4.78 is 5.01. The number of carbonyl (C=O) groups excluding carboxylic acids is 2. The maximum absolute atomic E-state index is 12.2. The summed E-state index contributed by atoms with van der Waals surface area (Å²) in [6.45, 7) is 3.41. The van der Waals surface area contributed by atoms with Crippen molar-refractivity contribution in [2.75, 3.05) is 19.7 Å². The molecule has 0 atom stereocenters. The van der Waals surface area contributed by atoms with E-state index in [1.165, 1.54) is 0 Å². The smallest absolute Gasteiger partial charge is 0.409 e. The minimum atomic E-state index is -0.269. The fourth-order valence-electron chi connectivity index (χ4n) is 2.99. The van der Waals surface area contributed by atoms with Crippen molar-refractivity contribution in [3.05, 3.63) is 35.5 Å². The molecule has 2 amide bonds. The SMILES string of the molecule is CCOC(=O)N1CCC(NC(=O)CCc2csc(-c3ccccn3)n2)CC1. The Balaban J connectivity index is 1.41. The van der Waals surface area contributed by atoms with Crippen molar-refractivity contribution in [1.82, 2.24) is 20.2 Å². The zero-order valence-electron chi connectivity index (χ0n) is 15.4. The van der Waals surface area contributed by atoms with Gasteiger partial charge in [0.05, 0.1) is 18.0 Å². The number of ether oxygens (including phenoxy) is 1. The molecule has 0 aliphatic carbocycles. The highest BCUT2D eigenvalue weighted by Gasteiger charge is 2.24. The highest BCUT2D eigenvalue weighted by molar-refractivity contribution is 7.13. The molecule has 0 spiro atoms. The number of hydrogen-bond acceptors (Lipinski definition) is 6. The normalized spacial score (nSPS) is 14.8. The first-order valence-corrected chi connectivity index (χ1v) is 10.1. The molecule has 1 N–H and O–H groups in total. The Hall–Kier alpha value is -2.48. The number of hydrogen-bond donors (Lipinski definition) is 1. The first-order valence-electron chi connectivity index (χ1n) is 9.22.